The quantitative estimate of drug-likeness (QED) is 0.783. The Labute approximate surface area is 108 Å². The maximum Gasteiger partial charge on any atom is 0.200 e. The zero-order chi connectivity index (χ0) is 13.4. The van der Waals surface area contributed by atoms with E-state index < -0.39 is 17.7 Å². The third-order valence-corrected chi connectivity index (χ3v) is 4.04. The average molecular weight is 254 g/mol. The van der Waals surface area contributed by atoms with Crippen molar-refractivity contribution < 1.29 is 19.3 Å². The van der Waals surface area contributed by atoms with E-state index >= 15 is 0 Å². The highest BCUT2D eigenvalue weighted by Crippen LogP contribution is 2.50. The van der Waals surface area contributed by atoms with E-state index in [2.05, 4.69) is 0 Å². The molecule has 0 aromatic carbocycles. The number of hydrogen-bond acceptors (Lipinski definition) is 4. The molecule has 4 heteroatoms. The van der Waals surface area contributed by atoms with Crippen LogP contribution < -0.4 is 0 Å². The SMILES string of the molecule is CC=CC(=CC)C12CC(O)C(C)C(OC)(CO1)O2. The fraction of sp³-hybridized carbons (Fsp3) is 0.714. The Hall–Kier alpha value is -0.680. The molecule has 2 saturated heterocycles. The molecule has 0 saturated carbocycles. The van der Waals surface area contributed by atoms with Gasteiger partial charge in [-0.15, -0.1) is 0 Å². The number of rotatable bonds is 3. The molecular weight excluding hydrogens is 232 g/mol. The first-order valence-corrected chi connectivity index (χ1v) is 6.40. The summed E-state index contributed by atoms with van der Waals surface area (Å²) in [5, 5.41) is 10.2. The van der Waals surface area contributed by atoms with Crippen LogP contribution in [0.1, 0.15) is 27.2 Å². The molecule has 18 heavy (non-hydrogen) atoms. The second kappa shape index (κ2) is 4.78. The van der Waals surface area contributed by atoms with Crippen LogP contribution in [0.4, 0.5) is 0 Å². The van der Waals surface area contributed by atoms with Gasteiger partial charge in [0.05, 0.1) is 6.10 Å². The molecule has 4 nitrogen and oxygen atoms in total. The van der Waals surface area contributed by atoms with Gasteiger partial charge < -0.3 is 19.3 Å². The van der Waals surface area contributed by atoms with E-state index in [1.54, 1.807) is 7.11 Å². The van der Waals surface area contributed by atoms with Gasteiger partial charge in [0.25, 0.3) is 0 Å². The van der Waals surface area contributed by atoms with Crippen LogP contribution in [0.15, 0.2) is 23.8 Å². The van der Waals surface area contributed by atoms with Crippen molar-refractivity contribution in [3.05, 3.63) is 23.8 Å². The van der Waals surface area contributed by atoms with Gasteiger partial charge in [-0.05, 0) is 13.8 Å². The highest BCUT2D eigenvalue weighted by atomic mass is 16.8. The van der Waals surface area contributed by atoms with Crippen LogP contribution in [0.2, 0.25) is 0 Å². The average Bonchev–Trinajstić information content (AvgIpc) is 2.71. The lowest BCUT2D eigenvalue weighted by atomic mass is 9.85. The minimum atomic E-state index is -0.872. The predicted octanol–water partition coefficient (Wildman–Crippen LogP) is 2.00. The molecule has 0 aliphatic carbocycles. The van der Waals surface area contributed by atoms with Gasteiger partial charge in [0.2, 0.25) is 0 Å². The molecule has 0 aromatic rings. The second-order valence-corrected chi connectivity index (χ2v) is 4.96. The molecule has 2 rings (SSSR count). The van der Waals surface area contributed by atoms with Gasteiger partial charge in [-0.3, -0.25) is 0 Å². The van der Waals surface area contributed by atoms with Crippen LogP contribution in [0.5, 0.6) is 0 Å². The molecule has 2 fully saturated rings. The highest BCUT2D eigenvalue weighted by Gasteiger charge is 2.61. The van der Waals surface area contributed by atoms with Crippen molar-refractivity contribution in [2.24, 2.45) is 5.92 Å². The van der Waals surface area contributed by atoms with Gasteiger partial charge in [-0.25, -0.2) is 0 Å². The van der Waals surface area contributed by atoms with Crippen molar-refractivity contribution >= 4 is 0 Å². The Kier molecular flexibility index (Phi) is 3.65. The summed E-state index contributed by atoms with van der Waals surface area (Å²) in [5.41, 5.74) is 0.926. The van der Waals surface area contributed by atoms with E-state index in [0.717, 1.165) is 5.57 Å². The van der Waals surface area contributed by atoms with Gasteiger partial charge in [-0.1, -0.05) is 25.2 Å². The summed E-state index contributed by atoms with van der Waals surface area (Å²) in [6.07, 6.45) is 5.78. The zero-order valence-electron chi connectivity index (χ0n) is 11.5. The first-order chi connectivity index (χ1) is 8.53. The zero-order valence-corrected chi connectivity index (χ0v) is 11.5. The van der Waals surface area contributed by atoms with Crippen molar-refractivity contribution in [1.29, 1.82) is 0 Å². The monoisotopic (exact) mass is 254 g/mol. The first kappa shape index (κ1) is 13.7. The van der Waals surface area contributed by atoms with Crippen molar-refractivity contribution in [2.45, 2.75) is 44.9 Å². The molecule has 2 aliphatic rings. The third-order valence-electron chi connectivity index (χ3n) is 4.04. The number of methoxy groups -OCH3 is 1. The van der Waals surface area contributed by atoms with Crippen molar-refractivity contribution in [2.75, 3.05) is 13.7 Å². The number of aliphatic hydroxyl groups excluding tert-OH is 1. The summed E-state index contributed by atoms with van der Waals surface area (Å²) < 4.78 is 17.5. The molecular formula is C14H22O4. The van der Waals surface area contributed by atoms with E-state index in [1.807, 2.05) is 39.0 Å². The molecule has 4 atom stereocenters. The fourth-order valence-corrected chi connectivity index (χ4v) is 2.79. The van der Waals surface area contributed by atoms with Gasteiger partial charge in [-0.2, -0.15) is 0 Å². The molecule has 0 spiro atoms. The van der Waals surface area contributed by atoms with Crippen LogP contribution in [-0.4, -0.2) is 36.5 Å². The molecule has 2 heterocycles. The normalized spacial score (nSPS) is 44.8. The molecule has 0 aromatic heterocycles. The van der Waals surface area contributed by atoms with E-state index in [-0.39, 0.29) is 5.92 Å². The molecule has 0 radical (unpaired) electrons. The number of aliphatic hydroxyl groups is 1. The van der Waals surface area contributed by atoms with Gasteiger partial charge in [0, 0.05) is 25.0 Å². The smallest absolute Gasteiger partial charge is 0.200 e. The van der Waals surface area contributed by atoms with Crippen molar-refractivity contribution in [3.63, 3.8) is 0 Å². The predicted molar refractivity (Wildman–Crippen MR) is 67.9 cm³/mol. The minimum absolute atomic E-state index is 0.109. The standard InChI is InChI=1S/C14H22O4/c1-5-7-11(6-2)13-8-12(15)10(3)14(16-4,18-13)9-17-13/h5-7,10,12,15H,8-9H2,1-4H3. The Balaban J connectivity index is 2.37. The van der Waals surface area contributed by atoms with Crippen LogP contribution in [0.25, 0.3) is 0 Å². The summed E-state index contributed by atoms with van der Waals surface area (Å²) in [6.45, 7) is 6.16. The Morgan fingerprint density at radius 2 is 2.17 bits per heavy atom. The van der Waals surface area contributed by atoms with Crippen LogP contribution in [-0.2, 0) is 14.2 Å². The Morgan fingerprint density at radius 3 is 2.72 bits per heavy atom. The Morgan fingerprint density at radius 1 is 1.44 bits per heavy atom. The van der Waals surface area contributed by atoms with Crippen LogP contribution in [0, 0.1) is 5.92 Å². The molecule has 2 bridgehead atoms. The number of hydrogen-bond donors (Lipinski definition) is 1. The number of allylic oxidation sites excluding steroid dienone is 2. The highest BCUT2D eigenvalue weighted by molar-refractivity contribution is 5.29. The summed E-state index contributed by atoms with van der Waals surface area (Å²) in [5.74, 6) is -1.82. The summed E-state index contributed by atoms with van der Waals surface area (Å²) in [6, 6.07) is 0. The van der Waals surface area contributed by atoms with E-state index in [4.69, 9.17) is 14.2 Å². The largest absolute Gasteiger partial charge is 0.392 e. The van der Waals surface area contributed by atoms with Crippen LogP contribution in [0.3, 0.4) is 0 Å². The van der Waals surface area contributed by atoms with E-state index in [9.17, 15) is 5.11 Å². The van der Waals surface area contributed by atoms with Crippen molar-refractivity contribution in [1.82, 2.24) is 0 Å². The summed E-state index contributed by atoms with van der Waals surface area (Å²) >= 11 is 0. The minimum Gasteiger partial charge on any atom is -0.392 e. The molecule has 1 N–H and O–H groups in total. The lowest BCUT2D eigenvalue weighted by Gasteiger charge is -2.43. The van der Waals surface area contributed by atoms with E-state index in [1.165, 1.54) is 0 Å². The van der Waals surface area contributed by atoms with Gasteiger partial charge in [0.1, 0.15) is 6.61 Å². The van der Waals surface area contributed by atoms with Crippen molar-refractivity contribution in [3.8, 4) is 0 Å². The number of ether oxygens (including phenoxy) is 3. The first-order valence-electron chi connectivity index (χ1n) is 6.40. The molecule has 102 valence electrons. The number of fused-ring (bicyclic) bond motifs is 2. The van der Waals surface area contributed by atoms with Gasteiger partial charge in [0.15, 0.2) is 11.6 Å². The topological polar surface area (TPSA) is 47.9 Å². The maximum atomic E-state index is 10.2. The fourth-order valence-electron chi connectivity index (χ4n) is 2.79. The molecule has 0 amide bonds. The second-order valence-electron chi connectivity index (χ2n) is 4.96. The lowest BCUT2D eigenvalue weighted by molar-refractivity contribution is -0.308. The van der Waals surface area contributed by atoms with E-state index in [0.29, 0.717) is 13.0 Å². The Bertz CT molecular complexity index is 376. The third kappa shape index (κ3) is 1.84. The lowest BCUT2D eigenvalue weighted by Crippen LogP contribution is -2.54. The van der Waals surface area contributed by atoms with Crippen LogP contribution >= 0.6 is 0 Å². The summed E-state index contributed by atoms with van der Waals surface area (Å²) in [4.78, 5) is 0. The van der Waals surface area contributed by atoms with Gasteiger partial charge >= 0.3 is 0 Å². The molecule has 2 aliphatic heterocycles. The summed E-state index contributed by atoms with van der Waals surface area (Å²) in [7, 11) is 1.60. The maximum absolute atomic E-state index is 10.2. The molecule has 4 unspecified atom stereocenters.